The molecule has 0 unspecified atom stereocenters. The van der Waals surface area contributed by atoms with E-state index in [0.29, 0.717) is 0 Å². The molecular formula is C16H19NS. The highest BCUT2D eigenvalue weighted by atomic mass is 32.2. The Labute approximate surface area is 114 Å². The van der Waals surface area contributed by atoms with Gasteiger partial charge in [0.15, 0.2) is 0 Å². The maximum atomic E-state index is 3.84. The van der Waals surface area contributed by atoms with E-state index in [4.69, 9.17) is 0 Å². The number of hydrogen-bond acceptors (Lipinski definition) is 2. The zero-order chi connectivity index (χ0) is 13.0. The summed E-state index contributed by atoms with van der Waals surface area (Å²) in [5.41, 5.74) is 2.59. The summed E-state index contributed by atoms with van der Waals surface area (Å²) >= 11 is 1.84. The number of benzene rings is 1. The van der Waals surface area contributed by atoms with Crippen LogP contribution in [0.2, 0.25) is 0 Å². The van der Waals surface area contributed by atoms with Gasteiger partial charge >= 0.3 is 0 Å². The Morgan fingerprint density at radius 2 is 2.11 bits per heavy atom. The first-order valence-corrected chi connectivity index (χ1v) is 7.19. The van der Waals surface area contributed by atoms with Gasteiger partial charge in [-0.2, -0.15) is 0 Å². The lowest BCUT2D eigenvalue weighted by molar-refractivity contribution is 1.00. The molecule has 0 N–H and O–H groups in total. The third-order valence-corrected chi connectivity index (χ3v) is 4.19. The monoisotopic (exact) mass is 257 g/mol. The van der Waals surface area contributed by atoms with Gasteiger partial charge in [0.2, 0.25) is 0 Å². The van der Waals surface area contributed by atoms with Gasteiger partial charge in [0, 0.05) is 11.4 Å². The van der Waals surface area contributed by atoms with Crippen LogP contribution in [0.5, 0.6) is 0 Å². The van der Waals surface area contributed by atoms with Crippen LogP contribution >= 0.6 is 11.8 Å². The highest BCUT2D eigenvalue weighted by Gasteiger charge is 2.22. The predicted octanol–water partition coefficient (Wildman–Crippen LogP) is 4.98. The molecule has 1 aromatic carbocycles. The van der Waals surface area contributed by atoms with Gasteiger partial charge in [-0.05, 0) is 37.1 Å². The Morgan fingerprint density at radius 1 is 1.33 bits per heavy atom. The number of anilines is 1. The molecule has 1 aliphatic rings. The molecule has 94 valence electrons. The fourth-order valence-electron chi connectivity index (χ4n) is 2.01. The van der Waals surface area contributed by atoms with Crippen LogP contribution in [-0.2, 0) is 0 Å². The van der Waals surface area contributed by atoms with E-state index in [1.165, 1.54) is 21.2 Å². The molecule has 2 rings (SSSR count). The second-order valence-corrected chi connectivity index (χ2v) is 5.18. The van der Waals surface area contributed by atoms with Crippen LogP contribution in [0.25, 0.3) is 0 Å². The van der Waals surface area contributed by atoms with E-state index in [-0.39, 0.29) is 0 Å². The van der Waals surface area contributed by atoms with E-state index < -0.39 is 0 Å². The summed E-state index contributed by atoms with van der Waals surface area (Å²) in [5, 5.41) is 1.30. The minimum atomic E-state index is 0.999. The third-order valence-electron chi connectivity index (χ3n) is 3.06. The second-order valence-electron chi connectivity index (χ2n) is 4.12. The molecule has 18 heavy (non-hydrogen) atoms. The van der Waals surface area contributed by atoms with Crippen molar-refractivity contribution in [3.8, 4) is 0 Å². The van der Waals surface area contributed by atoms with Gasteiger partial charge in [-0.1, -0.05) is 49.5 Å². The molecule has 0 amide bonds. The van der Waals surface area contributed by atoms with Crippen LogP contribution in [0.1, 0.15) is 20.3 Å². The maximum Gasteiger partial charge on any atom is 0.0801 e. The van der Waals surface area contributed by atoms with Gasteiger partial charge < -0.3 is 4.90 Å². The Hall–Kier alpha value is -1.41. The third kappa shape index (κ3) is 2.54. The minimum Gasteiger partial charge on any atom is -0.335 e. The summed E-state index contributed by atoms with van der Waals surface area (Å²) in [6.07, 6.45) is 7.33. The first-order chi connectivity index (χ1) is 8.80. The summed E-state index contributed by atoms with van der Waals surface area (Å²) < 4.78 is 0. The highest BCUT2D eigenvalue weighted by molar-refractivity contribution is 8.03. The van der Waals surface area contributed by atoms with Crippen LogP contribution in [0.3, 0.4) is 0 Å². The van der Waals surface area contributed by atoms with Crippen molar-refractivity contribution in [1.82, 2.24) is 0 Å². The first-order valence-electron chi connectivity index (χ1n) is 6.37. The molecule has 1 heterocycles. The first kappa shape index (κ1) is 13.0. The highest BCUT2D eigenvalue weighted by Crippen LogP contribution is 2.45. The molecule has 2 heteroatoms. The van der Waals surface area contributed by atoms with Crippen LogP contribution in [0.4, 0.5) is 5.69 Å². The van der Waals surface area contributed by atoms with Crippen LogP contribution in [-0.4, -0.2) is 6.54 Å². The number of para-hydroxylation sites is 1. The topological polar surface area (TPSA) is 3.24 Å². The molecule has 0 bridgehead atoms. The average molecular weight is 257 g/mol. The second kappa shape index (κ2) is 5.96. The molecule has 1 aliphatic heterocycles. The quantitative estimate of drug-likeness (QED) is 0.700. The lowest BCUT2D eigenvalue weighted by atomic mass is 10.2. The summed E-state index contributed by atoms with van der Waals surface area (Å²) in [6.45, 7) is 9.18. The van der Waals surface area contributed by atoms with E-state index in [1.807, 2.05) is 17.8 Å². The molecule has 0 fully saturated rings. The van der Waals surface area contributed by atoms with Crippen LogP contribution in [0.15, 0.2) is 64.6 Å². The van der Waals surface area contributed by atoms with Gasteiger partial charge in [-0.3, -0.25) is 0 Å². The Bertz CT molecular complexity index is 500. The van der Waals surface area contributed by atoms with Gasteiger partial charge in [-0.25, -0.2) is 0 Å². The maximum absolute atomic E-state index is 3.84. The molecule has 0 atom stereocenters. The molecule has 0 saturated carbocycles. The smallest absolute Gasteiger partial charge is 0.0801 e. The molecule has 0 aromatic heterocycles. The molecular weight excluding hydrogens is 238 g/mol. The van der Waals surface area contributed by atoms with E-state index in [2.05, 4.69) is 61.7 Å². The molecule has 0 spiro atoms. The number of thioether (sulfide) groups is 1. The summed E-state index contributed by atoms with van der Waals surface area (Å²) in [5.74, 6) is 0. The van der Waals surface area contributed by atoms with Crippen LogP contribution < -0.4 is 4.90 Å². The Morgan fingerprint density at radius 3 is 2.78 bits per heavy atom. The van der Waals surface area contributed by atoms with Crippen molar-refractivity contribution < 1.29 is 0 Å². The zero-order valence-electron chi connectivity index (χ0n) is 11.0. The van der Waals surface area contributed by atoms with E-state index in [9.17, 15) is 0 Å². The molecule has 0 radical (unpaired) electrons. The lowest BCUT2D eigenvalue weighted by Gasteiger charge is -2.17. The van der Waals surface area contributed by atoms with Crippen molar-refractivity contribution in [2.24, 2.45) is 0 Å². The standard InChI is InChI=1S/C16H19NS/c1-4-13(5-2)11-12-16-17(6-3)14-9-7-8-10-15(14)18-16/h4,7-12H,1,5-6H2,2-3H3. The molecule has 0 aliphatic carbocycles. The fourth-order valence-corrected chi connectivity index (χ4v) is 3.14. The number of hydrogen-bond donors (Lipinski definition) is 0. The molecule has 1 nitrogen and oxygen atoms in total. The van der Waals surface area contributed by atoms with E-state index in [0.717, 1.165) is 13.0 Å². The van der Waals surface area contributed by atoms with Gasteiger partial charge in [0.25, 0.3) is 0 Å². The molecule has 0 saturated heterocycles. The summed E-state index contributed by atoms with van der Waals surface area (Å²) in [4.78, 5) is 3.70. The lowest BCUT2D eigenvalue weighted by Crippen LogP contribution is -2.16. The van der Waals surface area contributed by atoms with Crippen molar-refractivity contribution in [3.63, 3.8) is 0 Å². The summed E-state index contributed by atoms with van der Waals surface area (Å²) in [7, 11) is 0. The molecule has 1 aromatic rings. The number of fused-ring (bicyclic) bond motifs is 1. The minimum absolute atomic E-state index is 0.999. The van der Waals surface area contributed by atoms with Gasteiger partial charge in [0.1, 0.15) is 0 Å². The van der Waals surface area contributed by atoms with E-state index >= 15 is 0 Å². The van der Waals surface area contributed by atoms with Crippen LogP contribution in [0, 0.1) is 0 Å². The van der Waals surface area contributed by atoms with Crippen molar-refractivity contribution in [2.75, 3.05) is 11.4 Å². The SMILES string of the molecule is C=CC(=CC=C1Sc2ccccc2N1CC)CC. The average Bonchev–Trinajstić information content (AvgIpc) is 2.77. The summed E-state index contributed by atoms with van der Waals surface area (Å²) in [6, 6.07) is 8.56. The number of nitrogens with zero attached hydrogens (tertiary/aromatic N) is 1. The van der Waals surface area contributed by atoms with Crippen molar-refractivity contribution in [2.45, 2.75) is 25.2 Å². The van der Waals surface area contributed by atoms with Gasteiger partial charge in [-0.15, -0.1) is 0 Å². The number of rotatable bonds is 4. The van der Waals surface area contributed by atoms with Crippen molar-refractivity contribution >= 4 is 17.4 Å². The van der Waals surface area contributed by atoms with E-state index in [1.54, 1.807) is 0 Å². The Kier molecular flexibility index (Phi) is 4.32. The predicted molar refractivity (Wildman–Crippen MR) is 82.0 cm³/mol. The van der Waals surface area contributed by atoms with Crippen molar-refractivity contribution in [3.05, 3.63) is 59.7 Å². The number of allylic oxidation sites excluding steroid dienone is 4. The largest absolute Gasteiger partial charge is 0.335 e. The van der Waals surface area contributed by atoms with Gasteiger partial charge in [0.05, 0.1) is 10.7 Å². The fraction of sp³-hybridized carbons (Fsp3) is 0.250. The normalized spacial score (nSPS) is 17.1. The van der Waals surface area contributed by atoms with Crippen molar-refractivity contribution in [1.29, 1.82) is 0 Å². The zero-order valence-corrected chi connectivity index (χ0v) is 11.8. The Balaban J connectivity index is 2.30.